The molecule has 8 rings (SSSR count). The van der Waals surface area contributed by atoms with Gasteiger partial charge in [0, 0.05) is 32.7 Å². The third-order valence-corrected chi connectivity index (χ3v) is 8.95. The molecule has 0 spiro atoms. The summed E-state index contributed by atoms with van der Waals surface area (Å²) < 4.78 is 4.89. The van der Waals surface area contributed by atoms with Gasteiger partial charge in [0.15, 0.2) is 0 Å². The summed E-state index contributed by atoms with van der Waals surface area (Å²) >= 11 is 4.81. The molecule has 7 aromatic rings. The molecule has 0 radical (unpaired) electrons. The van der Waals surface area contributed by atoms with Crippen LogP contribution in [0.3, 0.4) is 0 Å². The van der Waals surface area contributed by atoms with Crippen LogP contribution in [0, 0.1) is 6.92 Å². The zero-order valence-corrected chi connectivity index (χ0v) is 24.4. The molecule has 2 aromatic heterocycles. The zero-order chi connectivity index (χ0) is 28.2. The Balaban J connectivity index is 1.55. The molecule has 1 aliphatic carbocycles. The highest BCUT2D eigenvalue weighted by molar-refractivity contribution is 7.83. The van der Waals surface area contributed by atoms with Crippen LogP contribution in [0.5, 0.6) is 0 Å². The highest BCUT2D eigenvalue weighted by Gasteiger charge is 2.23. The molecular formula is C39H30N2S. The number of hydrogen-bond acceptors (Lipinski definition) is 1. The van der Waals surface area contributed by atoms with E-state index in [0.29, 0.717) is 0 Å². The molecule has 202 valence electrons. The normalized spacial score (nSPS) is 14.0. The molecule has 0 N–H and O–H groups in total. The van der Waals surface area contributed by atoms with Gasteiger partial charge in [0.25, 0.3) is 0 Å². The van der Waals surface area contributed by atoms with E-state index in [9.17, 15) is 0 Å². The lowest BCUT2D eigenvalue weighted by atomic mass is 9.98. The first kappa shape index (κ1) is 25.0. The van der Waals surface area contributed by atoms with Gasteiger partial charge in [-0.15, -0.1) is 12.6 Å². The fourth-order valence-corrected chi connectivity index (χ4v) is 7.11. The SMILES string of the molecule is Cc1ccccc1/C(=C\S)n1c2ccccc2c2ccc3c(c4ccccc4n3-c3ccccc3C3=CCCC=C3)c21. The topological polar surface area (TPSA) is 9.86 Å². The monoisotopic (exact) mass is 558 g/mol. The summed E-state index contributed by atoms with van der Waals surface area (Å²) in [5, 5.41) is 6.94. The minimum atomic E-state index is 1.07. The summed E-state index contributed by atoms with van der Waals surface area (Å²) in [6.45, 7) is 2.17. The van der Waals surface area contributed by atoms with Crippen LogP contribution in [0.15, 0.2) is 133 Å². The number of aryl methyl sites for hydroxylation is 1. The maximum atomic E-state index is 4.81. The van der Waals surface area contributed by atoms with Crippen molar-refractivity contribution in [3.63, 3.8) is 0 Å². The van der Waals surface area contributed by atoms with E-state index in [-0.39, 0.29) is 0 Å². The van der Waals surface area contributed by atoms with E-state index >= 15 is 0 Å². The number of allylic oxidation sites excluding steroid dienone is 4. The first-order valence-corrected chi connectivity index (χ1v) is 15.1. The summed E-state index contributed by atoms with van der Waals surface area (Å²) in [6.07, 6.45) is 9.11. The number of fused-ring (bicyclic) bond motifs is 7. The number of aromatic nitrogens is 2. The van der Waals surface area contributed by atoms with Gasteiger partial charge in [0.2, 0.25) is 0 Å². The van der Waals surface area contributed by atoms with Crippen LogP contribution in [0.1, 0.15) is 29.5 Å². The first-order chi connectivity index (χ1) is 20.8. The molecule has 0 fully saturated rings. The van der Waals surface area contributed by atoms with Gasteiger partial charge in [0.05, 0.1) is 33.5 Å². The van der Waals surface area contributed by atoms with Gasteiger partial charge in [-0.05, 0) is 60.6 Å². The Kier molecular flexibility index (Phi) is 5.94. The summed E-state index contributed by atoms with van der Waals surface area (Å²) in [6, 6.07) is 39.6. The fourth-order valence-electron chi connectivity index (χ4n) is 6.85. The van der Waals surface area contributed by atoms with Crippen LogP contribution in [-0.4, -0.2) is 9.13 Å². The van der Waals surface area contributed by atoms with Crippen LogP contribution in [-0.2, 0) is 0 Å². The molecule has 0 amide bonds. The molecule has 0 aliphatic heterocycles. The largest absolute Gasteiger partial charge is 0.309 e. The summed E-state index contributed by atoms with van der Waals surface area (Å²) in [7, 11) is 0. The van der Waals surface area contributed by atoms with Crippen molar-refractivity contribution in [2.24, 2.45) is 0 Å². The van der Waals surface area contributed by atoms with E-state index in [1.165, 1.54) is 71.6 Å². The maximum Gasteiger partial charge on any atom is 0.0641 e. The maximum absolute atomic E-state index is 4.81. The Hall–Kier alpha value is -4.73. The van der Waals surface area contributed by atoms with E-state index in [1.54, 1.807) is 0 Å². The van der Waals surface area contributed by atoms with Crippen molar-refractivity contribution in [3.05, 3.63) is 150 Å². The molecule has 0 saturated carbocycles. The van der Waals surface area contributed by atoms with Crippen molar-refractivity contribution < 1.29 is 0 Å². The Morgan fingerprint density at radius 1 is 0.690 bits per heavy atom. The molecule has 2 nitrogen and oxygen atoms in total. The Bertz CT molecular complexity index is 2270. The van der Waals surface area contributed by atoms with Gasteiger partial charge in [-0.1, -0.05) is 103 Å². The van der Waals surface area contributed by atoms with Gasteiger partial charge in [0.1, 0.15) is 0 Å². The second-order valence-corrected chi connectivity index (χ2v) is 11.3. The highest BCUT2D eigenvalue weighted by Crippen LogP contribution is 2.43. The van der Waals surface area contributed by atoms with E-state index in [0.717, 1.165) is 18.5 Å². The van der Waals surface area contributed by atoms with Crippen molar-refractivity contribution in [3.8, 4) is 5.69 Å². The molecule has 5 aromatic carbocycles. The third kappa shape index (κ3) is 3.67. The summed E-state index contributed by atoms with van der Waals surface area (Å²) in [5.41, 5.74) is 12.0. The van der Waals surface area contributed by atoms with Crippen LogP contribution < -0.4 is 0 Å². The van der Waals surface area contributed by atoms with E-state index in [2.05, 4.69) is 143 Å². The molecular weight excluding hydrogens is 529 g/mol. The van der Waals surface area contributed by atoms with Crippen molar-refractivity contribution >= 4 is 67.5 Å². The molecule has 0 unspecified atom stereocenters. The Morgan fingerprint density at radius 3 is 2.24 bits per heavy atom. The van der Waals surface area contributed by atoms with Crippen LogP contribution >= 0.6 is 12.6 Å². The Labute approximate surface area is 250 Å². The summed E-state index contributed by atoms with van der Waals surface area (Å²) in [4.78, 5) is 0. The lowest BCUT2D eigenvalue weighted by molar-refractivity contribution is 1.04. The van der Waals surface area contributed by atoms with Gasteiger partial charge in [-0.25, -0.2) is 0 Å². The molecule has 0 saturated heterocycles. The first-order valence-electron chi connectivity index (χ1n) is 14.6. The van der Waals surface area contributed by atoms with Gasteiger partial charge in [-0.2, -0.15) is 0 Å². The molecule has 2 heterocycles. The molecule has 3 heteroatoms. The van der Waals surface area contributed by atoms with Gasteiger partial charge in [-0.3, -0.25) is 0 Å². The molecule has 0 atom stereocenters. The van der Waals surface area contributed by atoms with Crippen molar-refractivity contribution in [1.29, 1.82) is 0 Å². The average Bonchev–Trinajstić information content (AvgIpc) is 3.56. The second-order valence-electron chi connectivity index (χ2n) is 11.0. The van der Waals surface area contributed by atoms with Crippen molar-refractivity contribution in [2.75, 3.05) is 0 Å². The lowest BCUT2D eigenvalue weighted by Crippen LogP contribution is -2.01. The van der Waals surface area contributed by atoms with Crippen molar-refractivity contribution in [1.82, 2.24) is 9.13 Å². The van der Waals surface area contributed by atoms with E-state index in [4.69, 9.17) is 12.6 Å². The smallest absolute Gasteiger partial charge is 0.0641 e. The van der Waals surface area contributed by atoms with Gasteiger partial charge >= 0.3 is 0 Å². The number of rotatable bonds is 4. The number of thiol groups is 1. The highest BCUT2D eigenvalue weighted by atomic mass is 32.1. The molecule has 1 aliphatic rings. The minimum Gasteiger partial charge on any atom is -0.309 e. The quantitative estimate of drug-likeness (QED) is 0.206. The molecule has 42 heavy (non-hydrogen) atoms. The van der Waals surface area contributed by atoms with Crippen molar-refractivity contribution in [2.45, 2.75) is 19.8 Å². The summed E-state index contributed by atoms with van der Waals surface area (Å²) in [5.74, 6) is 0. The van der Waals surface area contributed by atoms with Crippen LogP contribution in [0.2, 0.25) is 0 Å². The van der Waals surface area contributed by atoms with E-state index in [1.807, 2.05) is 5.41 Å². The van der Waals surface area contributed by atoms with Crippen LogP contribution in [0.25, 0.3) is 60.6 Å². The zero-order valence-electron chi connectivity index (χ0n) is 23.5. The minimum absolute atomic E-state index is 1.07. The third-order valence-electron chi connectivity index (χ3n) is 8.71. The fraction of sp³-hybridized carbons (Fsp3) is 0.0769. The second kappa shape index (κ2) is 9.97. The Morgan fingerprint density at radius 2 is 1.43 bits per heavy atom. The average molecular weight is 559 g/mol. The predicted molar refractivity (Wildman–Crippen MR) is 184 cm³/mol. The van der Waals surface area contributed by atoms with E-state index < -0.39 is 0 Å². The number of para-hydroxylation sites is 3. The predicted octanol–water partition coefficient (Wildman–Crippen LogP) is 10.7. The standard InChI is InChI=1S/C39H30N2S/c1-26-13-5-6-16-28(26)37(25-42)41-34-21-11-8-18-30(34)31-23-24-36-38(39(31)41)32-19-9-12-22-35(32)40(36)33-20-10-7-17-29(33)27-14-3-2-4-15-27/h3,5-25,42H,2,4H2,1H3/b37-25+. The lowest BCUT2D eigenvalue weighted by Gasteiger charge is -2.17. The van der Waals surface area contributed by atoms with Crippen LogP contribution in [0.4, 0.5) is 0 Å². The molecule has 0 bridgehead atoms. The number of nitrogens with zero attached hydrogens (tertiary/aromatic N) is 2. The number of benzene rings is 5. The number of hydrogen-bond donors (Lipinski definition) is 1. The van der Waals surface area contributed by atoms with Gasteiger partial charge < -0.3 is 9.13 Å².